The largest absolute Gasteiger partial charge is 0.393 e. The van der Waals surface area contributed by atoms with Crippen LogP contribution in [0.2, 0.25) is 0 Å². The summed E-state index contributed by atoms with van der Waals surface area (Å²) in [6.45, 7) is 3.34. The fraction of sp³-hybridized carbons (Fsp3) is 0.571. The van der Waals surface area contributed by atoms with Crippen molar-refractivity contribution >= 4 is 5.91 Å². The molecule has 1 N–H and O–H groups in total. The minimum absolute atomic E-state index is 0.000278. The van der Waals surface area contributed by atoms with Crippen molar-refractivity contribution in [2.45, 2.75) is 25.9 Å². The summed E-state index contributed by atoms with van der Waals surface area (Å²) in [5.41, 5.74) is 1.38. The number of fused-ring (bicyclic) bond motifs is 1. The molecule has 3 unspecified atom stereocenters. The fourth-order valence-corrected chi connectivity index (χ4v) is 3.23. The smallest absolute Gasteiger partial charge is 0.272 e. The highest BCUT2D eigenvalue weighted by Gasteiger charge is 2.43. The molecule has 1 saturated carbocycles. The minimum Gasteiger partial charge on any atom is -0.393 e. The number of hydrogen-bond donors (Lipinski definition) is 1. The topological polar surface area (TPSA) is 53.4 Å². The molecule has 1 saturated heterocycles. The second kappa shape index (κ2) is 4.35. The number of carbonyl (C=O) groups is 1. The lowest BCUT2D eigenvalue weighted by Crippen LogP contribution is -2.31. The number of nitrogens with zero attached hydrogens (tertiary/aromatic N) is 2. The summed E-state index contributed by atoms with van der Waals surface area (Å²) in [5.74, 6) is 0.757. The van der Waals surface area contributed by atoms with Crippen molar-refractivity contribution in [2.75, 3.05) is 13.1 Å². The minimum atomic E-state index is -0.224. The van der Waals surface area contributed by atoms with Crippen molar-refractivity contribution in [3.8, 4) is 0 Å². The molecular formula is C14H18N2O2. The molecule has 2 heterocycles. The molecule has 1 aromatic heterocycles. The Balaban J connectivity index is 1.75. The van der Waals surface area contributed by atoms with Gasteiger partial charge in [-0.25, -0.2) is 4.98 Å². The van der Waals surface area contributed by atoms with Gasteiger partial charge >= 0.3 is 0 Å². The van der Waals surface area contributed by atoms with Crippen molar-refractivity contribution in [1.82, 2.24) is 9.88 Å². The summed E-state index contributed by atoms with van der Waals surface area (Å²) >= 11 is 0. The monoisotopic (exact) mass is 246 g/mol. The number of likely N-dealkylation sites (tertiary alicyclic amines) is 1. The number of aliphatic hydroxyl groups is 1. The average molecular weight is 246 g/mol. The number of carbonyl (C=O) groups excluding carboxylic acids is 1. The first kappa shape index (κ1) is 11.7. The predicted molar refractivity (Wildman–Crippen MR) is 67.1 cm³/mol. The molecule has 1 aliphatic heterocycles. The predicted octanol–water partition coefficient (Wildman–Crippen LogP) is 1.23. The van der Waals surface area contributed by atoms with Crippen molar-refractivity contribution < 1.29 is 9.90 Å². The molecule has 96 valence electrons. The molecular weight excluding hydrogens is 228 g/mol. The lowest BCUT2D eigenvalue weighted by molar-refractivity contribution is 0.0746. The summed E-state index contributed by atoms with van der Waals surface area (Å²) in [6.07, 6.45) is 1.70. The molecule has 0 radical (unpaired) electrons. The number of rotatable bonds is 1. The first-order chi connectivity index (χ1) is 8.65. The van der Waals surface area contributed by atoms with Crippen molar-refractivity contribution in [3.63, 3.8) is 0 Å². The van der Waals surface area contributed by atoms with Gasteiger partial charge in [-0.3, -0.25) is 4.79 Å². The van der Waals surface area contributed by atoms with Gasteiger partial charge in [0, 0.05) is 24.7 Å². The van der Waals surface area contributed by atoms with Gasteiger partial charge in [0.15, 0.2) is 0 Å². The van der Waals surface area contributed by atoms with E-state index in [1.165, 1.54) is 0 Å². The summed E-state index contributed by atoms with van der Waals surface area (Å²) in [6, 6.07) is 5.51. The molecule has 2 fully saturated rings. The third kappa shape index (κ3) is 1.90. The van der Waals surface area contributed by atoms with Gasteiger partial charge in [0.1, 0.15) is 5.69 Å². The van der Waals surface area contributed by atoms with Gasteiger partial charge in [-0.1, -0.05) is 6.07 Å². The number of aromatic nitrogens is 1. The van der Waals surface area contributed by atoms with Gasteiger partial charge in [0.2, 0.25) is 0 Å². The number of aryl methyl sites for hydroxylation is 1. The standard InChI is InChI=1S/C14H18N2O2/c1-9-3-2-4-12(15-9)14(18)16-7-10-5-6-13(17)11(10)8-16/h2-4,10-11,13,17H,5-8H2,1H3. The van der Waals surface area contributed by atoms with Crippen LogP contribution in [0.25, 0.3) is 0 Å². The molecule has 18 heavy (non-hydrogen) atoms. The molecule has 0 bridgehead atoms. The second-order valence-electron chi connectivity index (χ2n) is 5.44. The summed E-state index contributed by atoms with van der Waals surface area (Å²) in [5, 5.41) is 9.86. The quantitative estimate of drug-likeness (QED) is 0.811. The summed E-state index contributed by atoms with van der Waals surface area (Å²) in [7, 11) is 0. The molecule has 3 rings (SSSR count). The maximum absolute atomic E-state index is 12.3. The maximum Gasteiger partial charge on any atom is 0.272 e. The Hall–Kier alpha value is -1.42. The number of hydrogen-bond acceptors (Lipinski definition) is 3. The van der Waals surface area contributed by atoms with Crippen LogP contribution in [0.1, 0.15) is 29.0 Å². The highest BCUT2D eigenvalue weighted by Crippen LogP contribution is 2.38. The number of pyridine rings is 1. The Labute approximate surface area is 107 Å². The SMILES string of the molecule is Cc1cccc(C(=O)N2CC3CCC(O)C3C2)n1. The average Bonchev–Trinajstić information content (AvgIpc) is 2.91. The number of amides is 1. The van der Waals surface area contributed by atoms with E-state index in [1.54, 1.807) is 6.07 Å². The van der Waals surface area contributed by atoms with E-state index < -0.39 is 0 Å². The van der Waals surface area contributed by atoms with Crippen LogP contribution in [0.5, 0.6) is 0 Å². The Bertz CT molecular complexity index is 475. The van der Waals surface area contributed by atoms with Crippen molar-refractivity contribution in [1.29, 1.82) is 0 Å². The summed E-state index contributed by atoms with van der Waals surface area (Å²) in [4.78, 5) is 18.4. The maximum atomic E-state index is 12.3. The van der Waals surface area contributed by atoms with E-state index in [-0.39, 0.29) is 17.9 Å². The zero-order valence-electron chi connectivity index (χ0n) is 10.5. The van der Waals surface area contributed by atoms with Crippen LogP contribution >= 0.6 is 0 Å². The van der Waals surface area contributed by atoms with Crippen LogP contribution in [0.4, 0.5) is 0 Å². The third-order valence-electron chi connectivity index (χ3n) is 4.21. The van der Waals surface area contributed by atoms with E-state index in [0.717, 1.165) is 25.1 Å². The Morgan fingerprint density at radius 3 is 2.94 bits per heavy atom. The first-order valence-corrected chi connectivity index (χ1v) is 6.56. The summed E-state index contributed by atoms with van der Waals surface area (Å²) < 4.78 is 0. The molecule has 0 spiro atoms. The van der Waals surface area contributed by atoms with Crippen LogP contribution in [-0.4, -0.2) is 40.1 Å². The van der Waals surface area contributed by atoms with Gasteiger partial charge in [-0.05, 0) is 37.8 Å². The van der Waals surface area contributed by atoms with Gasteiger partial charge < -0.3 is 10.0 Å². The molecule has 2 aliphatic rings. The van der Waals surface area contributed by atoms with Gasteiger partial charge in [-0.15, -0.1) is 0 Å². The van der Waals surface area contributed by atoms with Gasteiger partial charge in [-0.2, -0.15) is 0 Å². The lowest BCUT2D eigenvalue weighted by Gasteiger charge is -2.18. The Morgan fingerprint density at radius 2 is 2.22 bits per heavy atom. The molecule has 1 amide bonds. The van der Waals surface area contributed by atoms with Crippen molar-refractivity contribution in [2.24, 2.45) is 11.8 Å². The van der Waals surface area contributed by atoms with Crippen LogP contribution < -0.4 is 0 Å². The molecule has 4 nitrogen and oxygen atoms in total. The second-order valence-corrected chi connectivity index (χ2v) is 5.44. The van der Waals surface area contributed by atoms with E-state index in [2.05, 4.69) is 4.98 Å². The van der Waals surface area contributed by atoms with E-state index in [4.69, 9.17) is 0 Å². The van der Waals surface area contributed by atoms with E-state index >= 15 is 0 Å². The molecule has 3 atom stereocenters. The van der Waals surface area contributed by atoms with E-state index in [0.29, 0.717) is 18.2 Å². The Morgan fingerprint density at radius 1 is 1.39 bits per heavy atom. The van der Waals surface area contributed by atoms with E-state index in [9.17, 15) is 9.90 Å². The van der Waals surface area contributed by atoms with Gasteiger partial charge in [0.05, 0.1) is 6.10 Å². The molecule has 4 heteroatoms. The van der Waals surface area contributed by atoms with Crippen LogP contribution in [0.3, 0.4) is 0 Å². The van der Waals surface area contributed by atoms with Crippen LogP contribution in [-0.2, 0) is 0 Å². The zero-order valence-corrected chi connectivity index (χ0v) is 10.5. The first-order valence-electron chi connectivity index (χ1n) is 6.56. The van der Waals surface area contributed by atoms with Crippen molar-refractivity contribution in [3.05, 3.63) is 29.6 Å². The fourth-order valence-electron chi connectivity index (χ4n) is 3.23. The van der Waals surface area contributed by atoms with E-state index in [1.807, 2.05) is 24.0 Å². The highest BCUT2D eigenvalue weighted by atomic mass is 16.3. The van der Waals surface area contributed by atoms with Crippen LogP contribution in [0.15, 0.2) is 18.2 Å². The highest BCUT2D eigenvalue weighted by molar-refractivity contribution is 5.92. The molecule has 1 aromatic rings. The molecule has 1 aliphatic carbocycles. The molecule has 0 aromatic carbocycles. The van der Waals surface area contributed by atoms with Crippen LogP contribution in [0, 0.1) is 18.8 Å². The normalized spacial score (nSPS) is 30.6. The zero-order chi connectivity index (χ0) is 12.7. The number of aliphatic hydroxyl groups excluding tert-OH is 1. The third-order valence-corrected chi connectivity index (χ3v) is 4.21. The van der Waals surface area contributed by atoms with Gasteiger partial charge in [0.25, 0.3) is 5.91 Å². The lowest BCUT2D eigenvalue weighted by atomic mass is 10.00. The Kier molecular flexibility index (Phi) is 2.82.